The van der Waals surface area contributed by atoms with Gasteiger partial charge in [-0.05, 0) is 32.6 Å². The van der Waals surface area contributed by atoms with Crippen molar-refractivity contribution < 1.29 is 18.8 Å². The molecule has 0 bridgehead atoms. The first-order valence-corrected chi connectivity index (χ1v) is 7.22. The van der Waals surface area contributed by atoms with E-state index in [4.69, 9.17) is 14.0 Å². The molecular weight excluding hydrogens is 260 g/mol. The Morgan fingerprint density at radius 2 is 2.20 bits per heavy atom. The van der Waals surface area contributed by atoms with Gasteiger partial charge in [-0.25, -0.2) is 0 Å². The second kappa shape index (κ2) is 6.35. The van der Waals surface area contributed by atoms with Crippen LogP contribution in [0.5, 0.6) is 0 Å². The molecular formula is C14H22N2O4. The predicted molar refractivity (Wildman–Crippen MR) is 71.1 cm³/mol. The van der Waals surface area contributed by atoms with E-state index in [0.29, 0.717) is 24.7 Å². The Morgan fingerprint density at radius 1 is 1.45 bits per heavy atom. The molecule has 0 spiro atoms. The Bertz CT molecular complexity index is 448. The normalized spacial score (nSPS) is 18.4. The van der Waals surface area contributed by atoms with Crippen LogP contribution >= 0.6 is 0 Å². The zero-order valence-electron chi connectivity index (χ0n) is 12.3. The zero-order valence-corrected chi connectivity index (χ0v) is 12.3. The summed E-state index contributed by atoms with van der Waals surface area (Å²) >= 11 is 0. The summed E-state index contributed by atoms with van der Waals surface area (Å²) < 4.78 is 15.9. The first kappa shape index (κ1) is 15.0. The van der Waals surface area contributed by atoms with Gasteiger partial charge in [-0.15, -0.1) is 0 Å². The Balaban J connectivity index is 2.18. The van der Waals surface area contributed by atoms with Crippen molar-refractivity contribution in [2.24, 2.45) is 0 Å². The number of rotatable bonds is 7. The molecule has 112 valence electrons. The van der Waals surface area contributed by atoms with Gasteiger partial charge >= 0.3 is 5.97 Å². The second-order valence-corrected chi connectivity index (χ2v) is 5.10. The molecule has 0 N–H and O–H groups in total. The van der Waals surface area contributed by atoms with Crippen LogP contribution in [0.2, 0.25) is 0 Å². The van der Waals surface area contributed by atoms with E-state index < -0.39 is 11.5 Å². The lowest BCUT2D eigenvalue weighted by Crippen LogP contribution is -2.37. The van der Waals surface area contributed by atoms with Crippen LogP contribution in [0, 0.1) is 0 Å². The smallest absolute Gasteiger partial charge is 0.318 e. The minimum absolute atomic E-state index is 0.301. The van der Waals surface area contributed by atoms with Crippen molar-refractivity contribution in [2.75, 3.05) is 13.7 Å². The first-order valence-electron chi connectivity index (χ1n) is 7.22. The monoisotopic (exact) mass is 282 g/mol. The number of methoxy groups -OCH3 is 1. The molecule has 2 rings (SSSR count). The Morgan fingerprint density at radius 3 is 2.70 bits per heavy atom. The van der Waals surface area contributed by atoms with E-state index in [-0.39, 0.29) is 5.97 Å². The predicted octanol–water partition coefficient (Wildman–Crippen LogP) is 2.54. The number of ether oxygens (including phenoxy) is 2. The number of nitrogens with zero attached hydrogens (tertiary/aromatic N) is 2. The number of carbonyl (C=O) groups excluding carboxylic acids is 1. The fourth-order valence-electron chi connectivity index (χ4n) is 2.45. The van der Waals surface area contributed by atoms with E-state index >= 15 is 0 Å². The third-order valence-electron chi connectivity index (χ3n) is 3.85. The Hall–Kier alpha value is -1.43. The van der Waals surface area contributed by atoms with Gasteiger partial charge in [0.05, 0.1) is 6.61 Å². The van der Waals surface area contributed by atoms with Crippen molar-refractivity contribution >= 4 is 5.97 Å². The van der Waals surface area contributed by atoms with Gasteiger partial charge in [-0.1, -0.05) is 18.5 Å². The number of aromatic nitrogens is 2. The lowest BCUT2D eigenvalue weighted by Gasteiger charge is -2.37. The lowest BCUT2D eigenvalue weighted by atomic mass is 9.79. The minimum atomic E-state index is -0.477. The van der Waals surface area contributed by atoms with E-state index in [1.54, 1.807) is 14.0 Å². The molecule has 0 radical (unpaired) electrons. The summed E-state index contributed by atoms with van der Waals surface area (Å²) in [4.78, 5) is 16.4. The molecule has 1 aliphatic rings. The van der Waals surface area contributed by atoms with Crippen LogP contribution in [0.15, 0.2) is 4.52 Å². The maximum Gasteiger partial charge on any atom is 0.318 e. The molecule has 0 aromatic carbocycles. The van der Waals surface area contributed by atoms with Crippen LogP contribution in [0.3, 0.4) is 0 Å². The Kier molecular flexibility index (Phi) is 4.75. The van der Waals surface area contributed by atoms with Gasteiger partial charge in [0.1, 0.15) is 11.5 Å². The number of hydrogen-bond acceptors (Lipinski definition) is 6. The first-order chi connectivity index (χ1) is 9.66. The van der Waals surface area contributed by atoms with Gasteiger partial charge in [-0.2, -0.15) is 4.98 Å². The molecule has 1 heterocycles. The highest BCUT2D eigenvalue weighted by Gasteiger charge is 2.44. The molecule has 6 nitrogen and oxygen atoms in total. The van der Waals surface area contributed by atoms with Gasteiger partial charge in [0, 0.05) is 7.11 Å². The molecule has 6 heteroatoms. The van der Waals surface area contributed by atoms with Crippen LogP contribution in [-0.4, -0.2) is 29.8 Å². The van der Waals surface area contributed by atoms with Crippen LogP contribution in [0.4, 0.5) is 0 Å². The van der Waals surface area contributed by atoms with Crippen molar-refractivity contribution in [2.45, 2.75) is 57.5 Å². The minimum Gasteiger partial charge on any atom is -0.465 e. The van der Waals surface area contributed by atoms with Crippen LogP contribution in [0.25, 0.3) is 0 Å². The summed E-state index contributed by atoms with van der Waals surface area (Å²) in [6, 6.07) is 0. The molecule has 1 fully saturated rings. The molecule has 1 aliphatic carbocycles. The van der Waals surface area contributed by atoms with Gasteiger partial charge in [0.2, 0.25) is 11.7 Å². The summed E-state index contributed by atoms with van der Waals surface area (Å²) in [5.74, 6) is 0.107. The number of hydrogen-bond donors (Lipinski definition) is 0. The summed E-state index contributed by atoms with van der Waals surface area (Å²) in [5, 5.41) is 4.01. The maximum absolute atomic E-state index is 12.0. The summed E-state index contributed by atoms with van der Waals surface area (Å²) in [7, 11) is 1.66. The van der Waals surface area contributed by atoms with E-state index in [1.807, 2.05) is 6.92 Å². The lowest BCUT2D eigenvalue weighted by molar-refractivity contribution is -0.145. The quantitative estimate of drug-likeness (QED) is 0.715. The van der Waals surface area contributed by atoms with Gasteiger partial charge in [-0.3, -0.25) is 4.79 Å². The summed E-state index contributed by atoms with van der Waals surface area (Å²) in [6.45, 7) is 4.14. The number of carbonyl (C=O) groups is 1. The number of esters is 1. The molecule has 0 saturated heterocycles. The zero-order chi connectivity index (χ0) is 14.6. The fraction of sp³-hybridized carbons (Fsp3) is 0.786. The Labute approximate surface area is 118 Å². The van der Waals surface area contributed by atoms with E-state index in [0.717, 1.165) is 25.7 Å². The molecule has 1 aromatic rings. The highest BCUT2D eigenvalue weighted by atomic mass is 16.5. The molecule has 0 aliphatic heterocycles. The molecule has 0 amide bonds. The van der Waals surface area contributed by atoms with Crippen molar-refractivity contribution in [3.63, 3.8) is 0 Å². The van der Waals surface area contributed by atoms with Gasteiger partial charge in [0.15, 0.2) is 0 Å². The van der Waals surface area contributed by atoms with Crippen molar-refractivity contribution in [3.8, 4) is 0 Å². The molecule has 1 saturated carbocycles. The summed E-state index contributed by atoms with van der Waals surface area (Å²) in [6.07, 6.45) is 4.35. The highest BCUT2D eigenvalue weighted by molar-refractivity contribution is 5.76. The SMILES string of the molecule is CCCC(C(=O)OCC)c1nc(C2(OC)CCC2)no1. The van der Waals surface area contributed by atoms with E-state index in [2.05, 4.69) is 10.1 Å². The average Bonchev–Trinajstić information content (AvgIpc) is 2.85. The third-order valence-corrected chi connectivity index (χ3v) is 3.85. The molecule has 1 atom stereocenters. The van der Waals surface area contributed by atoms with E-state index in [9.17, 15) is 4.79 Å². The van der Waals surface area contributed by atoms with Crippen LogP contribution in [-0.2, 0) is 19.9 Å². The largest absolute Gasteiger partial charge is 0.465 e. The van der Waals surface area contributed by atoms with Crippen molar-refractivity contribution in [3.05, 3.63) is 11.7 Å². The highest BCUT2D eigenvalue weighted by Crippen LogP contribution is 2.43. The fourth-order valence-corrected chi connectivity index (χ4v) is 2.45. The average molecular weight is 282 g/mol. The van der Waals surface area contributed by atoms with Crippen molar-refractivity contribution in [1.29, 1.82) is 0 Å². The van der Waals surface area contributed by atoms with Gasteiger partial charge in [0.25, 0.3) is 0 Å². The molecule has 20 heavy (non-hydrogen) atoms. The topological polar surface area (TPSA) is 74.5 Å². The second-order valence-electron chi connectivity index (χ2n) is 5.10. The van der Waals surface area contributed by atoms with Crippen LogP contribution in [0.1, 0.15) is 63.6 Å². The van der Waals surface area contributed by atoms with Gasteiger partial charge < -0.3 is 14.0 Å². The van der Waals surface area contributed by atoms with E-state index in [1.165, 1.54) is 0 Å². The third kappa shape index (κ3) is 2.70. The molecule has 1 aromatic heterocycles. The van der Waals surface area contributed by atoms with Crippen molar-refractivity contribution in [1.82, 2.24) is 10.1 Å². The summed E-state index contributed by atoms with van der Waals surface area (Å²) in [5.41, 5.74) is -0.423. The standard InChI is InChI=1S/C14H22N2O4/c1-4-7-10(12(17)19-5-2)11-15-13(16-20-11)14(18-3)8-6-9-14/h10H,4-9H2,1-3H3. The maximum atomic E-state index is 12.0. The molecule has 1 unspecified atom stereocenters. The van der Waals surface area contributed by atoms with Crippen LogP contribution < -0.4 is 0 Å².